The van der Waals surface area contributed by atoms with E-state index in [9.17, 15) is 0 Å². The summed E-state index contributed by atoms with van der Waals surface area (Å²) in [5, 5.41) is 1.12. The molecule has 2 heterocycles. The third kappa shape index (κ3) is 3.80. The second-order valence-corrected chi connectivity index (χ2v) is 7.27. The normalized spacial score (nSPS) is 11.2. The van der Waals surface area contributed by atoms with Gasteiger partial charge in [-0.1, -0.05) is 25.5 Å². The Morgan fingerprint density at radius 3 is 2.41 bits per heavy atom. The fraction of sp³-hybridized carbons (Fsp3) is 0.435. The molecular weight excluding hydrogens is 332 g/mol. The number of unbranched alkanes of at least 4 members (excludes halogenated alkanes) is 1. The molecule has 4 nitrogen and oxygen atoms in total. The number of anilines is 1. The molecule has 27 heavy (non-hydrogen) atoms. The monoisotopic (exact) mass is 362 g/mol. The molecule has 0 spiro atoms. The van der Waals surface area contributed by atoms with Gasteiger partial charge in [0.25, 0.3) is 0 Å². The van der Waals surface area contributed by atoms with Crippen molar-refractivity contribution in [2.75, 3.05) is 18.0 Å². The van der Waals surface area contributed by atoms with Crippen LogP contribution in [0.15, 0.2) is 24.3 Å². The zero-order chi connectivity index (χ0) is 19.6. The molecule has 2 aromatic heterocycles. The lowest BCUT2D eigenvalue weighted by Gasteiger charge is -2.24. The number of aryl methyl sites for hydroxylation is 4. The molecule has 0 amide bonds. The molecule has 0 aliphatic carbocycles. The molecular formula is C23H30N4. The van der Waals surface area contributed by atoms with E-state index < -0.39 is 0 Å². The van der Waals surface area contributed by atoms with Gasteiger partial charge >= 0.3 is 0 Å². The Labute approximate surface area is 162 Å². The van der Waals surface area contributed by atoms with Gasteiger partial charge in [-0.2, -0.15) is 0 Å². The number of hydrogen-bond acceptors (Lipinski definition) is 4. The summed E-state index contributed by atoms with van der Waals surface area (Å²) >= 11 is 0. The van der Waals surface area contributed by atoms with Crippen molar-refractivity contribution >= 4 is 16.7 Å². The van der Waals surface area contributed by atoms with Crippen LogP contribution in [-0.4, -0.2) is 28.0 Å². The number of benzene rings is 1. The maximum Gasteiger partial charge on any atom is 0.140 e. The summed E-state index contributed by atoms with van der Waals surface area (Å²) in [6, 6.07) is 8.57. The summed E-state index contributed by atoms with van der Waals surface area (Å²) in [6.07, 6.45) is 2.34. The third-order valence-corrected chi connectivity index (χ3v) is 5.08. The summed E-state index contributed by atoms with van der Waals surface area (Å²) in [6.45, 7) is 14.7. The summed E-state index contributed by atoms with van der Waals surface area (Å²) in [5.41, 5.74) is 6.70. The van der Waals surface area contributed by atoms with Crippen molar-refractivity contribution < 1.29 is 0 Å². The average molecular weight is 363 g/mol. The van der Waals surface area contributed by atoms with Crippen LogP contribution in [0.25, 0.3) is 22.0 Å². The minimum Gasteiger partial charge on any atom is -0.356 e. The van der Waals surface area contributed by atoms with Crippen LogP contribution in [0.1, 0.15) is 49.5 Å². The number of aromatic nitrogens is 3. The fourth-order valence-electron chi connectivity index (χ4n) is 3.88. The van der Waals surface area contributed by atoms with Crippen LogP contribution < -0.4 is 4.90 Å². The Morgan fingerprint density at radius 2 is 1.74 bits per heavy atom. The highest BCUT2D eigenvalue weighted by Crippen LogP contribution is 2.35. The van der Waals surface area contributed by atoms with E-state index in [-0.39, 0.29) is 0 Å². The van der Waals surface area contributed by atoms with Gasteiger partial charge in [0.15, 0.2) is 0 Å². The standard InChI is InChI=1S/C23H30N4/c1-7-9-13-27(8-2)23-20-12-10-11-19(22(20)25-18(6)26-23)21-15(3)14-16(4)24-17(21)5/h10-12,14H,7-9,13H2,1-6H3. The molecule has 0 N–H and O–H groups in total. The van der Waals surface area contributed by atoms with Crippen molar-refractivity contribution in [2.24, 2.45) is 0 Å². The average Bonchev–Trinajstić information content (AvgIpc) is 2.61. The molecule has 0 unspecified atom stereocenters. The first kappa shape index (κ1) is 19.3. The van der Waals surface area contributed by atoms with Crippen LogP contribution in [-0.2, 0) is 0 Å². The molecule has 3 aromatic rings. The lowest BCUT2D eigenvalue weighted by atomic mass is 9.96. The largest absolute Gasteiger partial charge is 0.356 e. The summed E-state index contributed by atoms with van der Waals surface area (Å²) in [5.74, 6) is 1.86. The molecule has 0 aliphatic rings. The van der Waals surface area contributed by atoms with E-state index in [1.54, 1.807) is 0 Å². The minimum atomic E-state index is 0.815. The van der Waals surface area contributed by atoms with Crippen molar-refractivity contribution in [1.29, 1.82) is 0 Å². The molecule has 0 bridgehead atoms. The molecule has 0 aliphatic heterocycles. The highest BCUT2D eigenvalue weighted by Gasteiger charge is 2.17. The lowest BCUT2D eigenvalue weighted by molar-refractivity contribution is 0.724. The van der Waals surface area contributed by atoms with Crippen LogP contribution in [0.2, 0.25) is 0 Å². The fourth-order valence-corrected chi connectivity index (χ4v) is 3.88. The maximum atomic E-state index is 4.85. The van der Waals surface area contributed by atoms with Gasteiger partial charge in [-0.15, -0.1) is 0 Å². The minimum absolute atomic E-state index is 0.815. The van der Waals surface area contributed by atoms with Crippen molar-refractivity contribution in [3.63, 3.8) is 0 Å². The van der Waals surface area contributed by atoms with Gasteiger partial charge in [-0.25, -0.2) is 9.97 Å². The van der Waals surface area contributed by atoms with Crippen LogP contribution in [0.3, 0.4) is 0 Å². The van der Waals surface area contributed by atoms with Crippen molar-refractivity contribution in [3.8, 4) is 11.1 Å². The van der Waals surface area contributed by atoms with Crippen LogP contribution in [0.4, 0.5) is 5.82 Å². The number of fused-ring (bicyclic) bond motifs is 1. The third-order valence-electron chi connectivity index (χ3n) is 5.08. The van der Waals surface area contributed by atoms with E-state index in [1.165, 1.54) is 17.5 Å². The van der Waals surface area contributed by atoms with E-state index in [1.807, 2.05) is 13.8 Å². The van der Waals surface area contributed by atoms with Gasteiger partial charge in [0.05, 0.1) is 5.52 Å². The number of pyridine rings is 1. The molecule has 0 fully saturated rings. The second-order valence-electron chi connectivity index (χ2n) is 7.27. The van der Waals surface area contributed by atoms with Gasteiger partial charge in [0.2, 0.25) is 0 Å². The molecule has 4 heteroatoms. The zero-order valence-corrected chi connectivity index (χ0v) is 17.4. The highest BCUT2D eigenvalue weighted by molar-refractivity contribution is 6.00. The van der Waals surface area contributed by atoms with Crippen LogP contribution in [0.5, 0.6) is 0 Å². The summed E-state index contributed by atoms with van der Waals surface area (Å²) in [4.78, 5) is 16.7. The van der Waals surface area contributed by atoms with E-state index in [0.29, 0.717) is 0 Å². The van der Waals surface area contributed by atoms with Gasteiger partial charge in [-0.3, -0.25) is 4.98 Å². The topological polar surface area (TPSA) is 41.9 Å². The molecule has 0 saturated heterocycles. The first-order chi connectivity index (χ1) is 13.0. The molecule has 0 saturated carbocycles. The van der Waals surface area contributed by atoms with Crippen LogP contribution >= 0.6 is 0 Å². The Balaban J connectivity index is 2.26. The lowest BCUT2D eigenvalue weighted by Crippen LogP contribution is -2.25. The molecule has 142 valence electrons. The quantitative estimate of drug-likeness (QED) is 0.576. The number of nitrogens with zero attached hydrogens (tertiary/aromatic N) is 4. The SMILES string of the molecule is CCCCN(CC)c1nc(C)nc2c(-c3c(C)cc(C)nc3C)cccc12. The van der Waals surface area contributed by atoms with E-state index >= 15 is 0 Å². The number of hydrogen-bond donors (Lipinski definition) is 0. The van der Waals surface area contributed by atoms with Crippen molar-refractivity contribution in [1.82, 2.24) is 15.0 Å². The Bertz CT molecular complexity index is 939. The van der Waals surface area contributed by atoms with E-state index in [2.05, 4.69) is 56.9 Å². The number of para-hydroxylation sites is 1. The summed E-state index contributed by atoms with van der Waals surface area (Å²) in [7, 11) is 0. The van der Waals surface area contributed by atoms with Crippen molar-refractivity contribution in [2.45, 2.75) is 54.4 Å². The second kappa shape index (κ2) is 8.03. The van der Waals surface area contributed by atoms with Gasteiger partial charge in [0, 0.05) is 41.0 Å². The van der Waals surface area contributed by atoms with Gasteiger partial charge in [0.1, 0.15) is 11.6 Å². The molecule has 1 aromatic carbocycles. The molecule has 0 radical (unpaired) electrons. The van der Waals surface area contributed by atoms with Gasteiger partial charge in [-0.05, 0) is 58.7 Å². The van der Waals surface area contributed by atoms with Gasteiger partial charge < -0.3 is 4.90 Å². The Hall–Kier alpha value is -2.49. The maximum absolute atomic E-state index is 4.85. The molecule has 3 rings (SSSR count). The Morgan fingerprint density at radius 1 is 0.963 bits per heavy atom. The Kier molecular flexibility index (Phi) is 5.73. The summed E-state index contributed by atoms with van der Waals surface area (Å²) < 4.78 is 0. The zero-order valence-electron chi connectivity index (χ0n) is 17.4. The smallest absolute Gasteiger partial charge is 0.140 e. The first-order valence-corrected chi connectivity index (χ1v) is 9.93. The number of rotatable bonds is 6. The first-order valence-electron chi connectivity index (χ1n) is 9.93. The highest BCUT2D eigenvalue weighted by atomic mass is 15.2. The van der Waals surface area contributed by atoms with E-state index in [4.69, 9.17) is 15.0 Å². The van der Waals surface area contributed by atoms with E-state index in [0.717, 1.165) is 59.0 Å². The van der Waals surface area contributed by atoms with Crippen molar-refractivity contribution in [3.05, 3.63) is 47.0 Å². The predicted molar refractivity (Wildman–Crippen MR) is 115 cm³/mol. The predicted octanol–water partition coefficient (Wildman–Crippen LogP) is 5.55. The van der Waals surface area contributed by atoms with Crippen LogP contribution in [0, 0.1) is 27.7 Å². The molecule has 0 atom stereocenters.